The minimum absolute atomic E-state index is 0.183. The van der Waals surface area contributed by atoms with E-state index in [-0.39, 0.29) is 5.78 Å². The summed E-state index contributed by atoms with van der Waals surface area (Å²) in [5, 5.41) is 0.583. The average molecular weight is 247 g/mol. The monoisotopic (exact) mass is 246 g/mol. The van der Waals surface area contributed by atoms with E-state index in [4.69, 9.17) is 18.2 Å². The van der Waals surface area contributed by atoms with Crippen molar-refractivity contribution in [3.05, 3.63) is 46.3 Å². The molecule has 1 aromatic carbocycles. The zero-order valence-corrected chi connectivity index (χ0v) is 9.94. The highest BCUT2D eigenvalue weighted by Crippen LogP contribution is 2.16. The second kappa shape index (κ2) is 5.11. The van der Waals surface area contributed by atoms with Crippen molar-refractivity contribution in [3.8, 4) is 0 Å². The lowest BCUT2D eigenvalue weighted by molar-refractivity contribution is 0.0994. The number of benzene rings is 1. The van der Waals surface area contributed by atoms with Crippen LogP contribution in [0.25, 0.3) is 4.85 Å². The van der Waals surface area contributed by atoms with Crippen LogP contribution in [-0.2, 0) is 0 Å². The van der Waals surface area contributed by atoms with E-state index in [9.17, 15) is 4.79 Å². The van der Waals surface area contributed by atoms with Crippen molar-refractivity contribution in [1.29, 1.82) is 0 Å². The second-order valence-electron chi connectivity index (χ2n) is 3.88. The Hall–Kier alpha value is -1.66. The van der Waals surface area contributed by atoms with Crippen molar-refractivity contribution >= 4 is 23.1 Å². The van der Waals surface area contributed by atoms with E-state index in [1.54, 1.807) is 24.3 Å². The molecule has 0 N–H and O–H groups in total. The van der Waals surface area contributed by atoms with E-state index in [1.165, 1.54) is 0 Å². The molecule has 1 aliphatic heterocycles. The molecule has 0 amide bonds. The number of ketones is 1. The van der Waals surface area contributed by atoms with E-state index in [0.717, 1.165) is 25.1 Å². The third-order valence-electron chi connectivity index (χ3n) is 2.73. The number of rotatable bonds is 3. The molecule has 0 aromatic heterocycles. The van der Waals surface area contributed by atoms with E-state index >= 15 is 0 Å². The van der Waals surface area contributed by atoms with Crippen LogP contribution in [0.4, 0.5) is 0 Å². The van der Waals surface area contributed by atoms with E-state index < -0.39 is 6.04 Å². The van der Waals surface area contributed by atoms with Gasteiger partial charge in [0.2, 0.25) is 0 Å². The largest absolute Gasteiger partial charge is 0.322 e. The van der Waals surface area contributed by atoms with Crippen molar-refractivity contribution in [3.63, 3.8) is 0 Å². The van der Waals surface area contributed by atoms with Crippen LogP contribution < -0.4 is 0 Å². The fourth-order valence-corrected chi connectivity index (χ4v) is 1.97. The highest BCUT2D eigenvalue weighted by atomic mass is 35.5. The van der Waals surface area contributed by atoms with Gasteiger partial charge in [0.1, 0.15) is 5.71 Å². The maximum absolute atomic E-state index is 12.1. The molecular weight excluding hydrogens is 236 g/mol. The number of carbonyl (C=O) groups is 1. The molecule has 0 aliphatic carbocycles. The number of hydrogen-bond acceptors (Lipinski definition) is 2. The van der Waals surface area contributed by atoms with Crippen LogP contribution in [0.2, 0.25) is 5.02 Å². The van der Waals surface area contributed by atoms with Crippen LogP contribution in [0.15, 0.2) is 29.3 Å². The lowest BCUT2D eigenvalue weighted by Crippen LogP contribution is -2.25. The molecule has 1 aliphatic rings. The fraction of sp³-hybridized carbons (Fsp3) is 0.308. The van der Waals surface area contributed by atoms with Crippen molar-refractivity contribution in [2.45, 2.75) is 18.9 Å². The lowest BCUT2D eigenvalue weighted by Gasteiger charge is -2.04. The van der Waals surface area contributed by atoms with Crippen LogP contribution in [0.1, 0.15) is 23.2 Å². The molecule has 1 heterocycles. The minimum Gasteiger partial charge on any atom is -0.298 e. The molecule has 0 spiro atoms. The summed E-state index contributed by atoms with van der Waals surface area (Å²) in [4.78, 5) is 19.8. The smallest absolute Gasteiger partial charge is 0.298 e. The number of halogens is 1. The van der Waals surface area contributed by atoms with Crippen molar-refractivity contribution in [1.82, 2.24) is 0 Å². The molecule has 0 fully saturated rings. The predicted molar refractivity (Wildman–Crippen MR) is 67.7 cm³/mol. The maximum atomic E-state index is 12.1. The van der Waals surface area contributed by atoms with E-state index in [1.807, 2.05) is 0 Å². The zero-order valence-electron chi connectivity index (χ0n) is 9.19. The molecule has 0 radical (unpaired) electrons. The first-order valence-corrected chi connectivity index (χ1v) is 5.79. The molecule has 0 bridgehead atoms. The molecule has 1 aromatic rings. The summed E-state index contributed by atoms with van der Waals surface area (Å²) in [6.07, 6.45) is 1.70. The second-order valence-corrected chi connectivity index (χ2v) is 4.32. The van der Waals surface area contributed by atoms with Crippen molar-refractivity contribution in [2.24, 2.45) is 4.99 Å². The van der Waals surface area contributed by atoms with Crippen LogP contribution in [0.5, 0.6) is 0 Å². The van der Waals surface area contributed by atoms with Gasteiger partial charge >= 0.3 is 6.04 Å². The summed E-state index contributed by atoms with van der Waals surface area (Å²) < 4.78 is 0. The maximum Gasteiger partial charge on any atom is 0.322 e. The van der Waals surface area contributed by atoms with Crippen molar-refractivity contribution in [2.75, 3.05) is 6.54 Å². The van der Waals surface area contributed by atoms with Gasteiger partial charge in [0.25, 0.3) is 5.78 Å². The van der Waals surface area contributed by atoms with Gasteiger partial charge in [-0.1, -0.05) is 11.6 Å². The van der Waals surface area contributed by atoms with Gasteiger partial charge in [0, 0.05) is 17.1 Å². The molecule has 1 atom stereocenters. The van der Waals surface area contributed by atoms with Gasteiger partial charge in [0.05, 0.1) is 0 Å². The summed E-state index contributed by atoms with van der Waals surface area (Å²) >= 11 is 5.76. The first-order valence-electron chi connectivity index (χ1n) is 5.42. The molecule has 1 unspecified atom stereocenters. The van der Waals surface area contributed by atoms with E-state index in [0.29, 0.717) is 10.6 Å². The van der Waals surface area contributed by atoms with Crippen molar-refractivity contribution < 1.29 is 4.79 Å². The summed E-state index contributed by atoms with van der Waals surface area (Å²) in [6.45, 7) is 7.88. The standard InChI is InChI=1S/C13H11ClN2O/c1-15-12(11-3-2-8-16-11)13(17)9-4-6-10(14)7-5-9/h4-7,12H,2-3,8H2. The molecule has 2 rings (SSSR count). The van der Waals surface area contributed by atoms with E-state index in [2.05, 4.69) is 9.84 Å². The van der Waals surface area contributed by atoms with Gasteiger partial charge in [-0.25, -0.2) is 6.57 Å². The molecule has 86 valence electrons. The molecule has 0 saturated carbocycles. The van der Waals surface area contributed by atoms with Gasteiger partial charge in [-0.05, 0) is 37.1 Å². The molecule has 0 saturated heterocycles. The third-order valence-corrected chi connectivity index (χ3v) is 2.98. The molecule has 17 heavy (non-hydrogen) atoms. The predicted octanol–water partition coefficient (Wildman–Crippen LogP) is 3.05. The fourth-order valence-electron chi connectivity index (χ4n) is 1.84. The Morgan fingerprint density at radius 1 is 1.41 bits per heavy atom. The molecule has 3 nitrogen and oxygen atoms in total. The Morgan fingerprint density at radius 3 is 2.65 bits per heavy atom. The Morgan fingerprint density at radius 2 is 2.12 bits per heavy atom. The normalized spacial score (nSPS) is 16.1. The molecular formula is C13H11ClN2O. The van der Waals surface area contributed by atoms with Gasteiger partial charge < -0.3 is 0 Å². The molecule has 4 heteroatoms. The zero-order chi connectivity index (χ0) is 12.3. The highest BCUT2D eigenvalue weighted by Gasteiger charge is 2.31. The number of hydrogen-bond donors (Lipinski definition) is 0. The minimum atomic E-state index is -0.751. The quantitative estimate of drug-likeness (QED) is 0.596. The average Bonchev–Trinajstić information content (AvgIpc) is 2.84. The summed E-state index contributed by atoms with van der Waals surface area (Å²) in [7, 11) is 0. The third kappa shape index (κ3) is 2.54. The number of aliphatic imine (C=N–C) groups is 1. The number of Topliss-reactive ketones (excluding diaryl/α,β-unsaturated/α-hetero) is 1. The topological polar surface area (TPSA) is 33.8 Å². The number of nitrogens with zero attached hydrogens (tertiary/aromatic N) is 2. The van der Waals surface area contributed by atoms with Crippen LogP contribution >= 0.6 is 11.6 Å². The Labute approximate surface area is 105 Å². The highest BCUT2D eigenvalue weighted by molar-refractivity contribution is 6.30. The van der Waals surface area contributed by atoms with Gasteiger partial charge in [-0.2, -0.15) is 0 Å². The summed E-state index contributed by atoms with van der Waals surface area (Å²) in [5.74, 6) is -0.183. The summed E-state index contributed by atoms with van der Waals surface area (Å²) in [6, 6.07) is 5.87. The first-order chi connectivity index (χ1) is 8.22. The summed E-state index contributed by atoms with van der Waals surface area (Å²) in [5.41, 5.74) is 1.24. The Bertz CT molecular complexity index is 499. The van der Waals surface area contributed by atoms with Gasteiger partial charge in [-0.15, -0.1) is 0 Å². The number of carbonyl (C=O) groups excluding carboxylic acids is 1. The van der Waals surface area contributed by atoms with Crippen LogP contribution in [0, 0.1) is 6.57 Å². The lowest BCUT2D eigenvalue weighted by atomic mass is 9.99. The SMILES string of the molecule is [C-]#[N+]C(C(=O)c1ccc(Cl)cc1)C1=NCCC1. The Kier molecular flexibility index (Phi) is 3.55. The van der Waals surface area contributed by atoms with Crippen LogP contribution in [-0.4, -0.2) is 24.1 Å². The van der Waals surface area contributed by atoms with Crippen LogP contribution in [0.3, 0.4) is 0 Å². The Balaban J connectivity index is 2.23. The first kappa shape index (κ1) is 11.8. The van der Waals surface area contributed by atoms with Gasteiger partial charge in [0.15, 0.2) is 0 Å². The van der Waals surface area contributed by atoms with Gasteiger partial charge in [-0.3, -0.25) is 14.6 Å².